The molecule has 2 unspecified atom stereocenters. The quantitative estimate of drug-likeness (QED) is 0.890. The molecule has 0 aliphatic carbocycles. The van der Waals surface area contributed by atoms with Gasteiger partial charge in [0.15, 0.2) is 0 Å². The summed E-state index contributed by atoms with van der Waals surface area (Å²) in [5, 5.41) is 11.0. The molecule has 0 aromatic heterocycles. The number of piperidine rings is 1. The Morgan fingerprint density at radius 1 is 1.32 bits per heavy atom. The van der Waals surface area contributed by atoms with Gasteiger partial charge in [0.2, 0.25) is 0 Å². The summed E-state index contributed by atoms with van der Waals surface area (Å²) in [6.45, 7) is 0. The van der Waals surface area contributed by atoms with Crippen molar-refractivity contribution in [3.63, 3.8) is 0 Å². The van der Waals surface area contributed by atoms with Crippen LogP contribution >= 0.6 is 0 Å². The van der Waals surface area contributed by atoms with Gasteiger partial charge in [-0.3, -0.25) is 0 Å². The number of nitrogens with zero attached hydrogens (tertiary/aromatic N) is 1. The molecular weight excluding hydrogens is 245 g/mol. The molecule has 0 spiro atoms. The Balaban J connectivity index is 2.02. The van der Waals surface area contributed by atoms with Crippen LogP contribution in [-0.4, -0.2) is 36.2 Å². The zero-order chi connectivity index (χ0) is 13.6. The number of fused-ring (bicyclic) bond motifs is 2. The summed E-state index contributed by atoms with van der Waals surface area (Å²) in [4.78, 5) is 2.32. The molecule has 1 N–H and O–H groups in total. The predicted molar refractivity (Wildman–Crippen MR) is 70.7 cm³/mol. The molecule has 2 aliphatic rings. The highest BCUT2D eigenvalue weighted by atomic mass is 19.1. The molecule has 2 heterocycles. The molecule has 0 amide bonds. The molecule has 0 radical (unpaired) electrons. The van der Waals surface area contributed by atoms with E-state index in [-0.39, 0.29) is 5.82 Å². The third-order valence-electron chi connectivity index (χ3n) is 4.79. The summed E-state index contributed by atoms with van der Waals surface area (Å²) in [6.07, 6.45) is 3.33. The second kappa shape index (κ2) is 4.46. The first-order chi connectivity index (χ1) is 9.05. The summed E-state index contributed by atoms with van der Waals surface area (Å²) in [5.41, 5.74) is -0.767. The highest BCUT2D eigenvalue weighted by molar-refractivity contribution is 5.40. The van der Waals surface area contributed by atoms with Gasteiger partial charge in [0.05, 0.1) is 18.3 Å². The summed E-state index contributed by atoms with van der Waals surface area (Å²) < 4.78 is 19.4. The monoisotopic (exact) mass is 265 g/mol. The molecule has 2 fully saturated rings. The Hall–Kier alpha value is -1.13. The maximum atomic E-state index is 14.2. The van der Waals surface area contributed by atoms with E-state index in [1.54, 1.807) is 12.1 Å². The summed E-state index contributed by atoms with van der Waals surface area (Å²) in [6, 6.07) is 5.41. The maximum absolute atomic E-state index is 14.2. The van der Waals surface area contributed by atoms with E-state index in [0.29, 0.717) is 36.2 Å². The Kier molecular flexibility index (Phi) is 3.02. The summed E-state index contributed by atoms with van der Waals surface area (Å²) in [7, 11) is 3.62. The summed E-state index contributed by atoms with van der Waals surface area (Å²) >= 11 is 0. The number of ether oxygens (including phenoxy) is 1. The molecule has 2 aliphatic heterocycles. The summed E-state index contributed by atoms with van der Waals surface area (Å²) in [5.74, 6) is 0.0808. The predicted octanol–water partition coefficient (Wildman–Crippen LogP) is 2.28. The average molecular weight is 265 g/mol. The Bertz CT molecular complexity index is 477. The standard InChI is InChI=1S/C15H20FNO2/c1-17-10-6-7-11(17)9-15(18,8-10)14-12(16)4-3-5-13(14)19-2/h3-5,10-11,18H,6-9H2,1-2H3. The molecule has 3 nitrogen and oxygen atoms in total. The minimum Gasteiger partial charge on any atom is -0.496 e. The van der Waals surface area contributed by atoms with Crippen molar-refractivity contribution >= 4 is 0 Å². The zero-order valence-corrected chi connectivity index (χ0v) is 11.4. The molecule has 104 valence electrons. The van der Waals surface area contributed by atoms with Gasteiger partial charge in [0.1, 0.15) is 11.6 Å². The maximum Gasteiger partial charge on any atom is 0.133 e. The molecule has 3 rings (SSSR count). The third kappa shape index (κ3) is 1.94. The van der Waals surface area contributed by atoms with Gasteiger partial charge >= 0.3 is 0 Å². The van der Waals surface area contributed by atoms with E-state index in [1.165, 1.54) is 13.2 Å². The first-order valence-corrected chi connectivity index (χ1v) is 6.82. The van der Waals surface area contributed by atoms with E-state index < -0.39 is 5.60 Å². The van der Waals surface area contributed by atoms with Crippen molar-refractivity contribution in [2.24, 2.45) is 0 Å². The Labute approximate surface area is 113 Å². The molecule has 1 aromatic rings. The van der Waals surface area contributed by atoms with Crippen molar-refractivity contribution in [1.29, 1.82) is 0 Å². The lowest BCUT2D eigenvalue weighted by Gasteiger charge is -2.42. The molecule has 2 saturated heterocycles. The molecular formula is C15H20FNO2. The van der Waals surface area contributed by atoms with Crippen molar-refractivity contribution in [2.75, 3.05) is 14.2 Å². The van der Waals surface area contributed by atoms with Crippen molar-refractivity contribution in [2.45, 2.75) is 43.4 Å². The second-order valence-electron chi connectivity index (χ2n) is 5.81. The Morgan fingerprint density at radius 2 is 1.95 bits per heavy atom. The van der Waals surface area contributed by atoms with Crippen LogP contribution in [0.4, 0.5) is 4.39 Å². The van der Waals surface area contributed by atoms with E-state index >= 15 is 0 Å². The number of methoxy groups -OCH3 is 1. The van der Waals surface area contributed by atoms with Crippen LogP contribution in [0.5, 0.6) is 5.75 Å². The van der Waals surface area contributed by atoms with Crippen LogP contribution in [0.15, 0.2) is 18.2 Å². The first kappa shape index (κ1) is 12.9. The van der Waals surface area contributed by atoms with Gasteiger partial charge in [0.25, 0.3) is 0 Å². The van der Waals surface area contributed by atoms with Crippen LogP contribution in [0.3, 0.4) is 0 Å². The zero-order valence-electron chi connectivity index (χ0n) is 11.4. The van der Waals surface area contributed by atoms with Crippen LogP contribution in [0.1, 0.15) is 31.2 Å². The largest absolute Gasteiger partial charge is 0.496 e. The van der Waals surface area contributed by atoms with Crippen molar-refractivity contribution in [3.05, 3.63) is 29.6 Å². The van der Waals surface area contributed by atoms with Gasteiger partial charge in [-0.15, -0.1) is 0 Å². The molecule has 19 heavy (non-hydrogen) atoms. The van der Waals surface area contributed by atoms with Crippen LogP contribution in [0, 0.1) is 5.82 Å². The van der Waals surface area contributed by atoms with E-state index in [1.807, 2.05) is 0 Å². The average Bonchev–Trinajstić information content (AvgIpc) is 2.62. The first-order valence-electron chi connectivity index (χ1n) is 6.82. The SMILES string of the molecule is COc1cccc(F)c1C1(O)CC2CCC(C1)N2C. The van der Waals surface area contributed by atoms with Crippen molar-refractivity contribution < 1.29 is 14.2 Å². The topological polar surface area (TPSA) is 32.7 Å². The number of hydrogen-bond acceptors (Lipinski definition) is 3. The van der Waals surface area contributed by atoms with Gasteiger partial charge in [-0.05, 0) is 44.9 Å². The molecule has 1 aromatic carbocycles. The minimum absolute atomic E-state index is 0.336. The Morgan fingerprint density at radius 3 is 2.53 bits per heavy atom. The molecule has 0 saturated carbocycles. The highest BCUT2D eigenvalue weighted by Gasteiger charge is 2.48. The van der Waals surface area contributed by atoms with Crippen LogP contribution < -0.4 is 4.74 Å². The van der Waals surface area contributed by atoms with Crippen LogP contribution in [0.25, 0.3) is 0 Å². The van der Waals surface area contributed by atoms with E-state index in [2.05, 4.69) is 11.9 Å². The lowest BCUT2D eigenvalue weighted by Crippen LogP contribution is -2.48. The number of halogens is 1. The van der Waals surface area contributed by atoms with Crippen LogP contribution in [0.2, 0.25) is 0 Å². The number of hydrogen-bond donors (Lipinski definition) is 1. The van der Waals surface area contributed by atoms with E-state index in [4.69, 9.17) is 4.74 Å². The fourth-order valence-electron chi connectivity index (χ4n) is 3.78. The lowest BCUT2D eigenvalue weighted by atomic mass is 9.80. The van der Waals surface area contributed by atoms with Gasteiger partial charge in [-0.25, -0.2) is 4.39 Å². The highest BCUT2D eigenvalue weighted by Crippen LogP contribution is 2.47. The molecule has 2 atom stereocenters. The van der Waals surface area contributed by atoms with Crippen molar-refractivity contribution in [3.8, 4) is 5.75 Å². The number of aliphatic hydroxyl groups is 1. The van der Waals surface area contributed by atoms with Crippen LogP contribution in [-0.2, 0) is 5.60 Å². The number of rotatable bonds is 2. The smallest absolute Gasteiger partial charge is 0.133 e. The fourth-order valence-corrected chi connectivity index (χ4v) is 3.78. The normalized spacial score (nSPS) is 34.5. The molecule has 2 bridgehead atoms. The van der Waals surface area contributed by atoms with Gasteiger partial charge in [-0.2, -0.15) is 0 Å². The van der Waals surface area contributed by atoms with E-state index in [9.17, 15) is 9.50 Å². The third-order valence-corrected chi connectivity index (χ3v) is 4.79. The van der Waals surface area contributed by atoms with Gasteiger partial charge in [-0.1, -0.05) is 6.07 Å². The van der Waals surface area contributed by atoms with Crippen molar-refractivity contribution in [1.82, 2.24) is 4.90 Å². The molecule has 4 heteroatoms. The number of benzene rings is 1. The van der Waals surface area contributed by atoms with Gasteiger partial charge in [0, 0.05) is 12.1 Å². The second-order valence-corrected chi connectivity index (χ2v) is 5.81. The minimum atomic E-state index is -1.10. The van der Waals surface area contributed by atoms with Gasteiger partial charge < -0.3 is 14.7 Å². The lowest BCUT2D eigenvalue weighted by molar-refractivity contribution is -0.0529. The fraction of sp³-hybridized carbons (Fsp3) is 0.600. The van der Waals surface area contributed by atoms with E-state index in [0.717, 1.165) is 12.8 Å².